The highest BCUT2D eigenvalue weighted by molar-refractivity contribution is 6.32. The molecule has 4 nitrogen and oxygen atoms in total. The lowest BCUT2D eigenvalue weighted by atomic mass is 9.92. The monoisotopic (exact) mass is 254 g/mol. The lowest BCUT2D eigenvalue weighted by Gasteiger charge is -2.19. The van der Waals surface area contributed by atoms with Gasteiger partial charge in [0.05, 0.1) is 4.92 Å². The van der Waals surface area contributed by atoms with Crippen molar-refractivity contribution in [2.75, 3.05) is 0 Å². The van der Waals surface area contributed by atoms with Crippen molar-refractivity contribution in [1.29, 1.82) is 0 Å². The molecule has 0 saturated heterocycles. The van der Waals surface area contributed by atoms with Crippen LogP contribution in [0.1, 0.15) is 37.3 Å². The molecular weight excluding hydrogens is 240 g/mol. The van der Waals surface area contributed by atoms with Crippen LogP contribution in [0.5, 0.6) is 0 Å². The van der Waals surface area contributed by atoms with Crippen molar-refractivity contribution >= 4 is 17.3 Å². The smallest absolute Gasteiger partial charge is 0.288 e. The number of nitrogens with zero attached hydrogens (tertiary/aromatic N) is 1. The Hall–Kier alpha value is -1.13. The zero-order valence-corrected chi connectivity index (χ0v) is 10.2. The van der Waals surface area contributed by atoms with Gasteiger partial charge in [0.15, 0.2) is 0 Å². The highest BCUT2D eigenvalue weighted by Crippen LogP contribution is 2.36. The third-order valence-electron chi connectivity index (χ3n) is 3.46. The molecule has 0 spiro atoms. The molecule has 1 aromatic carbocycles. The van der Waals surface area contributed by atoms with Gasteiger partial charge in [0, 0.05) is 12.1 Å². The number of nitrogens with two attached hydrogens (primary N) is 1. The summed E-state index contributed by atoms with van der Waals surface area (Å²) in [6.07, 6.45) is 4.62. The minimum Gasteiger partial charge on any atom is -0.324 e. The summed E-state index contributed by atoms with van der Waals surface area (Å²) >= 11 is 5.77. The van der Waals surface area contributed by atoms with Gasteiger partial charge in [-0.05, 0) is 30.4 Å². The van der Waals surface area contributed by atoms with E-state index in [2.05, 4.69) is 0 Å². The van der Waals surface area contributed by atoms with Crippen LogP contribution in [-0.2, 0) is 0 Å². The SMILES string of the molecule is N[C@H](c1ccc(Cl)c([N+](=O)[O-])c1)C1CCCC1. The Morgan fingerprint density at radius 3 is 2.65 bits per heavy atom. The minimum atomic E-state index is -0.465. The van der Waals surface area contributed by atoms with Crippen LogP contribution in [0.3, 0.4) is 0 Å². The van der Waals surface area contributed by atoms with E-state index >= 15 is 0 Å². The predicted molar refractivity (Wildman–Crippen MR) is 67.0 cm³/mol. The number of nitro groups is 1. The Balaban J connectivity index is 2.26. The zero-order chi connectivity index (χ0) is 12.4. The van der Waals surface area contributed by atoms with Crippen molar-refractivity contribution < 1.29 is 4.92 Å². The first-order valence-electron chi connectivity index (χ1n) is 5.79. The van der Waals surface area contributed by atoms with Gasteiger partial charge >= 0.3 is 0 Å². The molecule has 0 bridgehead atoms. The van der Waals surface area contributed by atoms with Crippen molar-refractivity contribution in [1.82, 2.24) is 0 Å². The first kappa shape index (κ1) is 12.3. The molecule has 1 atom stereocenters. The normalized spacial score (nSPS) is 18.2. The van der Waals surface area contributed by atoms with Gasteiger partial charge in [-0.3, -0.25) is 10.1 Å². The minimum absolute atomic E-state index is 0.0578. The number of benzene rings is 1. The molecule has 1 fully saturated rings. The number of hydrogen-bond donors (Lipinski definition) is 1. The third-order valence-corrected chi connectivity index (χ3v) is 3.78. The van der Waals surface area contributed by atoms with E-state index < -0.39 is 4.92 Å². The molecule has 0 aromatic heterocycles. The molecule has 1 saturated carbocycles. The van der Waals surface area contributed by atoms with Crippen molar-refractivity contribution in [2.24, 2.45) is 11.7 Å². The quantitative estimate of drug-likeness (QED) is 0.664. The average Bonchev–Trinajstić information content (AvgIpc) is 2.81. The highest BCUT2D eigenvalue weighted by Gasteiger charge is 2.25. The molecule has 0 heterocycles. The van der Waals surface area contributed by atoms with Gasteiger partial charge in [-0.25, -0.2) is 0 Å². The Bertz CT molecular complexity index is 431. The molecule has 2 N–H and O–H groups in total. The van der Waals surface area contributed by atoms with Crippen LogP contribution in [0, 0.1) is 16.0 Å². The molecule has 0 aliphatic heterocycles. The Labute approximate surface area is 105 Å². The van der Waals surface area contributed by atoms with E-state index in [1.807, 2.05) is 0 Å². The Morgan fingerprint density at radius 2 is 2.06 bits per heavy atom. The molecule has 92 valence electrons. The fraction of sp³-hybridized carbons (Fsp3) is 0.500. The summed E-state index contributed by atoms with van der Waals surface area (Å²) in [6.45, 7) is 0. The second-order valence-corrected chi connectivity index (χ2v) is 4.95. The van der Waals surface area contributed by atoms with Crippen LogP contribution < -0.4 is 5.73 Å². The van der Waals surface area contributed by atoms with Crippen LogP contribution >= 0.6 is 11.6 Å². The average molecular weight is 255 g/mol. The Morgan fingerprint density at radius 1 is 1.41 bits per heavy atom. The van der Waals surface area contributed by atoms with E-state index in [-0.39, 0.29) is 16.8 Å². The van der Waals surface area contributed by atoms with E-state index in [0.29, 0.717) is 5.92 Å². The van der Waals surface area contributed by atoms with Gasteiger partial charge in [-0.2, -0.15) is 0 Å². The Kier molecular flexibility index (Phi) is 3.64. The van der Waals surface area contributed by atoms with Gasteiger partial charge in [-0.1, -0.05) is 30.5 Å². The van der Waals surface area contributed by atoms with Crippen molar-refractivity contribution in [3.05, 3.63) is 38.9 Å². The third kappa shape index (κ3) is 2.58. The molecule has 0 amide bonds. The first-order chi connectivity index (χ1) is 8.09. The second-order valence-electron chi connectivity index (χ2n) is 4.54. The molecule has 0 radical (unpaired) electrons. The lowest BCUT2D eigenvalue weighted by Crippen LogP contribution is -2.19. The summed E-state index contributed by atoms with van der Waals surface area (Å²) in [5.41, 5.74) is 6.91. The van der Waals surface area contributed by atoms with E-state index in [4.69, 9.17) is 17.3 Å². The zero-order valence-electron chi connectivity index (χ0n) is 9.43. The molecule has 0 unspecified atom stereocenters. The fourth-order valence-corrected chi connectivity index (χ4v) is 2.65. The van der Waals surface area contributed by atoms with Crippen LogP contribution in [0.15, 0.2) is 18.2 Å². The maximum absolute atomic E-state index is 10.8. The van der Waals surface area contributed by atoms with Gasteiger partial charge in [0.2, 0.25) is 0 Å². The number of hydrogen-bond acceptors (Lipinski definition) is 3. The van der Waals surface area contributed by atoms with Crippen LogP contribution in [0.25, 0.3) is 0 Å². The maximum atomic E-state index is 10.8. The van der Waals surface area contributed by atoms with Crippen molar-refractivity contribution in [3.8, 4) is 0 Å². The summed E-state index contributed by atoms with van der Waals surface area (Å²) in [6, 6.07) is 4.74. The summed E-state index contributed by atoms with van der Waals surface area (Å²) < 4.78 is 0. The first-order valence-corrected chi connectivity index (χ1v) is 6.17. The molecule has 2 rings (SSSR count). The van der Waals surface area contributed by atoms with Crippen LogP contribution in [0.4, 0.5) is 5.69 Å². The van der Waals surface area contributed by atoms with Gasteiger partial charge in [0.1, 0.15) is 5.02 Å². The fourth-order valence-electron chi connectivity index (χ4n) is 2.47. The molecular formula is C12H15ClN2O2. The molecule has 17 heavy (non-hydrogen) atoms. The number of halogens is 1. The van der Waals surface area contributed by atoms with Gasteiger partial charge in [0.25, 0.3) is 5.69 Å². The van der Waals surface area contributed by atoms with Gasteiger partial charge in [-0.15, -0.1) is 0 Å². The summed E-state index contributed by atoms with van der Waals surface area (Å²) in [5.74, 6) is 0.441. The lowest BCUT2D eigenvalue weighted by molar-refractivity contribution is -0.384. The van der Waals surface area contributed by atoms with Crippen LogP contribution in [0.2, 0.25) is 5.02 Å². The highest BCUT2D eigenvalue weighted by atomic mass is 35.5. The number of nitro benzene ring substituents is 1. The van der Waals surface area contributed by atoms with E-state index in [1.54, 1.807) is 12.1 Å². The van der Waals surface area contributed by atoms with Crippen LogP contribution in [-0.4, -0.2) is 4.92 Å². The van der Waals surface area contributed by atoms with E-state index in [0.717, 1.165) is 18.4 Å². The van der Waals surface area contributed by atoms with Crippen molar-refractivity contribution in [2.45, 2.75) is 31.7 Å². The van der Waals surface area contributed by atoms with E-state index in [1.165, 1.54) is 18.9 Å². The summed E-state index contributed by atoms with van der Waals surface area (Å²) in [7, 11) is 0. The predicted octanol–water partition coefficient (Wildman–Crippen LogP) is 3.44. The standard InChI is InChI=1S/C12H15ClN2O2/c13-10-6-5-9(7-11(10)15(16)17)12(14)8-3-1-2-4-8/h5-8,12H,1-4,14H2/t12-/m0/s1. The van der Waals surface area contributed by atoms with Gasteiger partial charge < -0.3 is 5.73 Å². The molecule has 1 aliphatic carbocycles. The molecule has 1 aromatic rings. The topological polar surface area (TPSA) is 69.2 Å². The maximum Gasteiger partial charge on any atom is 0.288 e. The number of rotatable bonds is 3. The molecule has 1 aliphatic rings. The van der Waals surface area contributed by atoms with Crippen molar-refractivity contribution in [3.63, 3.8) is 0 Å². The largest absolute Gasteiger partial charge is 0.324 e. The molecule has 5 heteroatoms. The summed E-state index contributed by atoms with van der Waals surface area (Å²) in [5, 5.41) is 11.0. The second kappa shape index (κ2) is 5.02. The summed E-state index contributed by atoms with van der Waals surface area (Å²) in [4.78, 5) is 10.3. The van der Waals surface area contributed by atoms with E-state index in [9.17, 15) is 10.1 Å².